The molecule has 1 amide bonds. The minimum Gasteiger partial charge on any atom is -0.484 e. The van der Waals surface area contributed by atoms with Crippen LogP contribution in [-0.4, -0.2) is 24.0 Å². The third-order valence-corrected chi connectivity index (χ3v) is 4.57. The SMILES string of the molecule is O=C(COc1ccc2ccccc2c1)N1CCc2ccccc2C1. The van der Waals surface area contributed by atoms with E-state index in [0.29, 0.717) is 6.54 Å². The highest BCUT2D eigenvalue weighted by Crippen LogP contribution is 2.21. The predicted molar refractivity (Wildman–Crippen MR) is 95.0 cm³/mol. The second-order valence-corrected chi connectivity index (χ2v) is 6.13. The van der Waals surface area contributed by atoms with Crippen molar-refractivity contribution in [2.45, 2.75) is 13.0 Å². The first-order valence-electron chi connectivity index (χ1n) is 8.26. The zero-order chi connectivity index (χ0) is 16.4. The third-order valence-electron chi connectivity index (χ3n) is 4.57. The number of benzene rings is 3. The molecule has 0 N–H and O–H groups in total. The first-order chi connectivity index (χ1) is 11.8. The van der Waals surface area contributed by atoms with Crippen molar-refractivity contribution in [1.82, 2.24) is 4.90 Å². The van der Waals surface area contributed by atoms with Crippen LogP contribution in [0.2, 0.25) is 0 Å². The van der Waals surface area contributed by atoms with Crippen molar-refractivity contribution in [1.29, 1.82) is 0 Å². The molecular formula is C21H19NO2. The van der Waals surface area contributed by atoms with Crippen LogP contribution in [-0.2, 0) is 17.8 Å². The van der Waals surface area contributed by atoms with Gasteiger partial charge in [0.1, 0.15) is 5.75 Å². The zero-order valence-corrected chi connectivity index (χ0v) is 13.4. The fraction of sp³-hybridized carbons (Fsp3) is 0.190. The Hall–Kier alpha value is -2.81. The Labute approximate surface area is 141 Å². The van der Waals surface area contributed by atoms with Crippen molar-refractivity contribution in [2.75, 3.05) is 13.2 Å². The molecule has 0 saturated heterocycles. The summed E-state index contributed by atoms with van der Waals surface area (Å²) in [5.41, 5.74) is 2.58. The summed E-state index contributed by atoms with van der Waals surface area (Å²) in [5.74, 6) is 0.775. The lowest BCUT2D eigenvalue weighted by Gasteiger charge is -2.28. The van der Waals surface area contributed by atoms with Crippen molar-refractivity contribution < 1.29 is 9.53 Å². The molecule has 3 heteroatoms. The van der Waals surface area contributed by atoms with Gasteiger partial charge in [-0.15, -0.1) is 0 Å². The summed E-state index contributed by atoms with van der Waals surface area (Å²) in [6, 6.07) is 22.4. The average molecular weight is 317 g/mol. The molecule has 4 rings (SSSR count). The van der Waals surface area contributed by atoms with E-state index in [2.05, 4.69) is 24.3 Å². The lowest BCUT2D eigenvalue weighted by atomic mass is 10.00. The van der Waals surface area contributed by atoms with Gasteiger partial charge in [-0.1, -0.05) is 54.6 Å². The van der Waals surface area contributed by atoms with Crippen molar-refractivity contribution in [3.8, 4) is 5.75 Å². The van der Waals surface area contributed by atoms with Gasteiger partial charge in [0.2, 0.25) is 0 Å². The van der Waals surface area contributed by atoms with Crippen LogP contribution in [0.15, 0.2) is 66.7 Å². The highest BCUT2D eigenvalue weighted by molar-refractivity contribution is 5.84. The summed E-state index contributed by atoms with van der Waals surface area (Å²) in [6.45, 7) is 1.52. The van der Waals surface area contributed by atoms with Crippen LogP contribution in [0.25, 0.3) is 10.8 Å². The van der Waals surface area contributed by atoms with Gasteiger partial charge in [0, 0.05) is 13.1 Å². The Kier molecular flexibility index (Phi) is 3.91. The maximum absolute atomic E-state index is 12.4. The largest absolute Gasteiger partial charge is 0.484 e. The molecule has 120 valence electrons. The number of nitrogens with zero attached hydrogens (tertiary/aromatic N) is 1. The second kappa shape index (κ2) is 6.36. The smallest absolute Gasteiger partial charge is 0.260 e. The molecule has 3 nitrogen and oxygen atoms in total. The first-order valence-corrected chi connectivity index (χ1v) is 8.26. The molecule has 0 aliphatic carbocycles. The summed E-state index contributed by atoms with van der Waals surface area (Å²) >= 11 is 0. The van der Waals surface area contributed by atoms with Crippen molar-refractivity contribution in [3.05, 3.63) is 77.9 Å². The van der Waals surface area contributed by atoms with Gasteiger partial charge in [0.25, 0.3) is 5.91 Å². The Morgan fingerprint density at radius 2 is 1.67 bits per heavy atom. The molecule has 0 fully saturated rings. The van der Waals surface area contributed by atoms with Crippen LogP contribution < -0.4 is 4.74 Å². The molecule has 0 bridgehead atoms. The van der Waals surface area contributed by atoms with E-state index in [-0.39, 0.29) is 12.5 Å². The maximum atomic E-state index is 12.4. The van der Waals surface area contributed by atoms with Crippen LogP contribution in [0.1, 0.15) is 11.1 Å². The van der Waals surface area contributed by atoms with Crippen LogP contribution in [0.3, 0.4) is 0 Å². The lowest BCUT2D eigenvalue weighted by molar-refractivity contribution is -0.134. The summed E-state index contributed by atoms with van der Waals surface area (Å²) in [4.78, 5) is 14.3. The number of hydrogen-bond donors (Lipinski definition) is 0. The van der Waals surface area contributed by atoms with Gasteiger partial charge in [0.05, 0.1) is 0 Å². The minimum absolute atomic E-state index is 0.0395. The van der Waals surface area contributed by atoms with Crippen LogP contribution in [0.4, 0.5) is 0 Å². The third kappa shape index (κ3) is 2.98. The molecule has 3 aromatic rings. The van der Waals surface area contributed by atoms with E-state index in [9.17, 15) is 4.79 Å². The Balaban J connectivity index is 1.41. The standard InChI is InChI=1S/C21H19NO2/c23-21(22-12-11-17-6-2-4-8-19(17)14-22)15-24-20-10-9-16-5-1-3-7-18(16)13-20/h1-10,13H,11-12,14-15H2. The maximum Gasteiger partial charge on any atom is 0.260 e. The fourth-order valence-electron chi connectivity index (χ4n) is 3.20. The van der Waals surface area contributed by atoms with Crippen LogP contribution in [0, 0.1) is 0 Å². The molecule has 1 aliphatic rings. The molecule has 3 aromatic carbocycles. The second-order valence-electron chi connectivity index (χ2n) is 6.13. The highest BCUT2D eigenvalue weighted by atomic mass is 16.5. The van der Waals surface area contributed by atoms with Crippen LogP contribution >= 0.6 is 0 Å². The molecule has 0 atom stereocenters. The number of fused-ring (bicyclic) bond motifs is 2. The molecule has 0 radical (unpaired) electrons. The predicted octanol–water partition coefficient (Wildman–Crippen LogP) is 3.80. The van der Waals surface area contributed by atoms with Crippen molar-refractivity contribution in [2.24, 2.45) is 0 Å². The van der Waals surface area contributed by atoms with E-state index in [1.807, 2.05) is 47.4 Å². The van der Waals surface area contributed by atoms with Crippen molar-refractivity contribution in [3.63, 3.8) is 0 Å². The van der Waals surface area contributed by atoms with Gasteiger partial charge < -0.3 is 9.64 Å². The fourth-order valence-corrected chi connectivity index (χ4v) is 3.20. The molecule has 0 aromatic heterocycles. The first kappa shape index (κ1) is 14.8. The number of carbonyl (C=O) groups is 1. The van der Waals surface area contributed by atoms with Crippen LogP contribution in [0.5, 0.6) is 5.75 Å². The monoisotopic (exact) mass is 317 g/mol. The molecule has 24 heavy (non-hydrogen) atoms. The number of carbonyl (C=O) groups excluding carboxylic acids is 1. The zero-order valence-electron chi connectivity index (χ0n) is 13.4. The van der Waals surface area contributed by atoms with Gasteiger partial charge in [0.15, 0.2) is 6.61 Å². The van der Waals surface area contributed by atoms with E-state index in [4.69, 9.17) is 4.74 Å². The Morgan fingerprint density at radius 3 is 2.54 bits per heavy atom. The van der Waals surface area contributed by atoms with E-state index in [1.54, 1.807) is 0 Å². The number of ether oxygens (including phenoxy) is 1. The summed E-state index contributed by atoms with van der Waals surface area (Å²) in [6.07, 6.45) is 0.915. The normalized spacial score (nSPS) is 13.6. The number of amides is 1. The topological polar surface area (TPSA) is 29.5 Å². The molecule has 1 heterocycles. The van der Waals surface area contributed by atoms with Crippen molar-refractivity contribution >= 4 is 16.7 Å². The quantitative estimate of drug-likeness (QED) is 0.735. The van der Waals surface area contributed by atoms with Gasteiger partial charge >= 0.3 is 0 Å². The van der Waals surface area contributed by atoms with Gasteiger partial charge in [-0.25, -0.2) is 0 Å². The van der Waals surface area contributed by atoms with E-state index in [1.165, 1.54) is 16.5 Å². The summed E-state index contributed by atoms with van der Waals surface area (Å²) < 4.78 is 5.73. The summed E-state index contributed by atoms with van der Waals surface area (Å²) in [5, 5.41) is 2.29. The number of rotatable bonds is 3. The number of hydrogen-bond acceptors (Lipinski definition) is 2. The minimum atomic E-state index is 0.0395. The molecule has 1 aliphatic heterocycles. The summed E-state index contributed by atoms with van der Waals surface area (Å²) in [7, 11) is 0. The van der Waals surface area contributed by atoms with Gasteiger partial charge in [-0.3, -0.25) is 4.79 Å². The Bertz CT molecular complexity index is 888. The molecule has 0 saturated carbocycles. The molecule has 0 spiro atoms. The van der Waals surface area contributed by atoms with E-state index >= 15 is 0 Å². The Morgan fingerprint density at radius 1 is 0.917 bits per heavy atom. The average Bonchev–Trinajstić information content (AvgIpc) is 2.65. The lowest BCUT2D eigenvalue weighted by Crippen LogP contribution is -2.38. The molecular weight excluding hydrogens is 298 g/mol. The van der Waals surface area contributed by atoms with Gasteiger partial charge in [-0.2, -0.15) is 0 Å². The van der Waals surface area contributed by atoms with Gasteiger partial charge in [-0.05, 0) is 40.5 Å². The van der Waals surface area contributed by atoms with E-state index in [0.717, 1.165) is 24.1 Å². The molecule has 0 unspecified atom stereocenters. The van der Waals surface area contributed by atoms with E-state index < -0.39 is 0 Å². The highest BCUT2D eigenvalue weighted by Gasteiger charge is 2.20.